The number of nitrogens with one attached hydrogen (secondary N) is 1. The van der Waals surface area contributed by atoms with E-state index in [-0.39, 0.29) is 24.5 Å². The van der Waals surface area contributed by atoms with Crippen LogP contribution in [0.15, 0.2) is 48.5 Å². The van der Waals surface area contributed by atoms with E-state index in [1.54, 1.807) is 18.2 Å². The summed E-state index contributed by atoms with van der Waals surface area (Å²) in [5.41, 5.74) is 1.57. The van der Waals surface area contributed by atoms with E-state index in [0.717, 1.165) is 18.4 Å². The highest BCUT2D eigenvalue weighted by atomic mass is 16.5. The number of benzene rings is 2. The lowest BCUT2D eigenvalue weighted by Gasteiger charge is -2.39. The lowest BCUT2D eigenvalue weighted by Crippen LogP contribution is -2.48. The summed E-state index contributed by atoms with van der Waals surface area (Å²) >= 11 is 0. The molecule has 0 saturated heterocycles. The van der Waals surface area contributed by atoms with Crippen LogP contribution in [0, 0.1) is 5.92 Å². The van der Waals surface area contributed by atoms with Crippen molar-refractivity contribution >= 4 is 11.9 Å². The molecule has 2 N–H and O–H groups in total. The molecule has 2 aromatic carbocycles. The lowest BCUT2D eigenvalue weighted by atomic mass is 9.71. The predicted octanol–water partition coefficient (Wildman–Crippen LogP) is 5.16. The third-order valence-corrected chi connectivity index (χ3v) is 7.25. The van der Waals surface area contributed by atoms with Crippen molar-refractivity contribution in [3.63, 3.8) is 0 Å². The van der Waals surface area contributed by atoms with E-state index in [1.165, 1.54) is 24.8 Å². The molecule has 4 rings (SSSR count). The van der Waals surface area contributed by atoms with Crippen LogP contribution in [-0.4, -0.2) is 29.1 Å². The highest BCUT2D eigenvalue weighted by Gasteiger charge is 2.38. The summed E-state index contributed by atoms with van der Waals surface area (Å²) in [6, 6.07) is 15.3. The molecule has 1 amide bonds. The monoisotopic (exact) mass is 449 g/mol. The van der Waals surface area contributed by atoms with Crippen molar-refractivity contribution < 1.29 is 19.4 Å². The molecule has 2 aromatic rings. The van der Waals surface area contributed by atoms with Gasteiger partial charge in [0.25, 0.3) is 5.91 Å². The number of hydrogen-bond donors (Lipinski definition) is 2. The van der Waals surface area contributed by atoms with Crippen molar-refractivity contribution in [1.29, 1.82) is 0 Å². The Morgan fingerprint density at radius 2 is 1.82 bits per heavy atom. The van der Waals surface area contributed by atoms with Crippen LogP contribution in [0.3, 0.4) is 0 Å². The van der Waals surface area contributed by atoms with Crippen molar-refractivity contribution in [2.75, 3.05) is 6.54 Å². The normalized spacial score (nSPS) is 18.3. The van der Waals surface area contributed by atoms with E-state index in [0.29, 0.717) is 29.9 Å². The lowest BCUT2D eigenvalue weighted by molar-refractivity contribution is -0.0121. The average Bonchev–Trinajstić information content (AvgIpc) is 3.18. The first-order valence-corrected chi connectivity index (χ1v) is 12.1. The van der Waals surface area contributed by atoms with Crippen LogP contribution in [-0.2, 0) is 16.8 Å². The van der Waals surface area contributed by atoms with Crippen molar-refractivity contribution in [2.24, 2.45) is 5.92 Å². The Bertz CT molecular complexity index is 994. The molecule has 1 atom stereocenters. The summed E-state index contributed by atoms with van der Waals surface area (Å²) in [4.78, 5) is 24.8. The van der Waals surface area contributed by atoms with Gasteiger partial charge in [-0.1, -0.05) is 82.3 Å². The molecule has 1 heterocycles. The van der Waals surface area contributed by atoms with Gasteiger partial charge in [-0.15, -0.1) is 0 Å². The van der Waals surface area contributed by atoms with Crippen LogP contribution in [0.5, 0.6) is 0 Å². The first kappa shape index (κ1) is 23.5. The molecule has 0 bridgehead atoms. The summed E-state index contributed by atoms with van der Waals surface area (Å²) in [7, 11) is 0. The minimum atomic E-state index is -1.02. The molecule has 5 nitrogen and oxygen atoms in total. The molecule has 0 aromatic heterocycles. The third-order valence-electron chi connectivity index (χ3n) is 7.25. The minimum Gasteiger partial charge on any atom is -0.457 e. The van der Waals surface area contributed by atoms with Gasteiger partial charge in [0.15, 0.2) is 0 Å². The van der Waals surface area contributed by atoms with Gasteiger partial charge in [-0.05, 0) is 41.9 Å². The Labute approximate surface area is 196 Å². The van der Waals surface area contributed by atoms with Crippen molar-refractivity contribution in [2.45, 2.75) is 76.4 Å². The molecule has 1 fully saturated rings. The molecule has 0 spiro atoms. The third kappa shape index (κ3) is 5.64. The Kier molecular flexibility index (Phi) is 6.89. The molecule has 5 heteroatoms. The number of aliphatic hydroxyl groups is 1. The molecule has 176 valence electrons. The van der Waals surface area contributed by atoms with Gasteiger partial charge in [-0.25, -0.2) is 4.79 Å². The number of hydrogen-bond acceptors (Lipinski definition) is 4. The maximum atomic E-state index is 13.0. The van der Waals surface area contributed by atoms with E-state index in [1.807, 2.05) is 18.2 Å². The fourth-order valence-electron chi connectivity index (χ4n) is 5.55. The molecule has 33 heavy (non-hydrogen) atoms. The van der Waals surface area contributed by atoms with Gasteiger partial charge in [-0.3, -0.25) is 4.79 Å². The van der Waals surface area contributed by atoms with E-state index < -0.39 is 11.6 Å². The number of cyclic esters (lactones) is 1. The largest absolute Gasteiger partial charge is 0.457 e. The molecule has 1 saturated carbocycles. The van der Waals surface area contributed by atoms with Gasteiger partial charge in [0.05, 0.1) is 11.2 Å². The fraction of sp³-hybridized carbons (Fsp3) is 0.500. The van der Waals surface area contributed by atoms with Gasteiger partial charge >= 0.3 is 5.97 Å². The fourth-order valence-corrected chi connectivity index (χ4v) is 5.55. The summed E-state index contributed by atoms with van der Waals surface area (Å²) in [5, 5.41) is 14.8. The summed E-state index contributed by atoms with van der Waals surface area (Å²) in [6.45, 7) is 4.75. The number of carbonyl (C=O) groups excluding carboxylic acids is 2. The van der Waals surface area contributed by atoms with Gasteiger partial charge in [0.2, 0.25) is 0 Å². The van der Waals surface area contributed by atoms with Gasteiger partial charge in [-0.2, -0.15) is 0 Å². The minimum absolute atomic E-state index is 0.181. The zero-order chi connectivity index (χ0) is 23.5. The highest BCUT2D eigenvalue weighted by molar-refractivity contribution is 5.99. The second-order valence-corrected chi connectivity index (χ2v) is 10.5. The zero-order valence-corrected chi connectivity index (χ0v) is 19.7. The number of esters is 1. The van der Waals surface area contributed by atoms with E-state index >= 15 is 0 Å². The first-order chi connectivity index (χ1) is 15.8. The molecule has 2 aliphatic rings. The van der Waals surface area contributed by atoms with Crippen LogP contribution < -0.4 is 5.32 Å². The quantitative estimate of drug-likeness (QED) is 0.546. The Morgan fingerprint density at radius 1 is 1.09 bits per heavy atom. The number of ether oxygens (including phenoxy) is 1. The summed E-state index contributed by atoms with van der Waals surface area (Å²) in [5.74, 6) is -0.197. The van der Waals surface area contributed by atoms with Gasteiger partial charge in [0, 0.05) is 17.7 Å². The molecule has 1 aliphatic carbocycles. The highest BCUT2D eigenvalue weighted by Crippen LogP contribution is 2.38. The van der Waals surface area contributed by atoms with Crippen LogP contribution >= 0.6 is 0 Å². The summed E-state index contributed by atoms with van der Waals surface area (Å²) < 4.78 is 5.04. The van der Waals surface area contributed by atoms with Crippen LogP contribution in [0.25, 0.3) is 0 Å². The van der Waals surface area contributed by atoms with Crippen LogP contribution in [0.4, 0.5) is 0 Å². The molecule has 0 radical (unpaired) electrons. The molecule has 1 unspecified atom stereocenters. The molecular formula is C28H35NO4. The zero-order valence-electron chi connectivity index (χ0n) is 19.7. The Balaban J connectivity index is 1.50. The number of amides is 1. The van der Waals surface area contributed by atoms with E-state index in [9.17, 15) is 14.7 Å². The van der Waals surface area contributed by atoms with Crippen molar-refractivity contribution in [3.05, 3.63) is 70.8 Å². The summed E-state index contributed by atoms with van der Waals surface area (Å²) in [6.07, 6.45) is 7.18. The number of rotatable bonds is 8. The average molecular weight is 450 g/mol. The van der Waals surface area contributed by atoms with Gasteiger partial charge < -0.3 is 15.2 Å². The SMILES string of the molecule is CC(C)(CC(O)(CNC(=O)c1ccc2c(c1)C(=O)OC2)CC1CCCCC1)c1ccccc1. The Hall–Kier alpha value is -2.66. The number of carbonyl (C=O) groups is 2. The van der Waals surface area contributed by atoms with Crippen LogP contribution in [0.2, 0.25) is 0 Å². The topological polar surface area (TPSA) is 75.6 Å². The first-order valence-electron chi connectivity index (χ1n) is 12.1. The van der Waals surface area contributed by atoms with Gasteiger partial charge in [0.1, 0.15) is 6.61 Å². The van der Waals surface area contributed by atoms with E-state index in [2.05, 4.69) is 31.3 Å². The second kappa shape index (κ2) is 9.68. The van der Waals surface area contributed by atoms with E-state index in [4.69, 9.17) is 4.74 Å². The maximum absolute atomic E-state index is 13.0. The smallest absolute Gasteiger partial charge is 0.338 e. The van der Waals surface area contributed by atoms with Crippen LogP contribution in [0.1, 0.15) is 90.6 Å². The Morgan fingerprint density at radius 3 is 2.55 bits per heavy atom. The number of fused-ring (bicyclic) bond motifs is 1. The maximum Gasteiger partial charge on any atom is 0.338 e. The molecule has 1 aliphatic heterocycles. The molecular weight excluding hydrogens is 414 g/mol. The standard InChI is InChI=1S/C28H35NO4/c1-27(2,23-11-7-4-8-12-23)18-28(32,16-20-9-5-3-6-10-20)19-29-25(30)21-13-14-22-17-33-26(31)24(22)15-21/h4,7-8,11-15,20,32H,3,5-6,9-10,16-19H2,1-2H3,(H,29,30). The second-order valence-electron chi connectivity index (χ2n) is 10.5. The predicted molar refractivity (Wildman–Crippen MR) is 128 cm³/mol. The van der Waals surface area contributed by atoms with Crippen molar-refractivity contribution in [3.8, 4) is 0 Å². The van der Waals surface area contributed by atoms with Crippen molar-refractivity contribution in [1.82, 2.24) is 5.32 Å².